The van der Waals surface area contributed by atoms with Gasteiger partial charge in [0.15, 0.2) is 11.5 Å². The van der Waals surface area contributed by atoms with E-state index in [1.54, 1.807) is 36.4 Å². The number of hydrogen-bond donors (Lipinski definition) is 0. The van der Waals surface area contributed by atoms with Crippen molar-refractivity contribution in [3.05, 3.63) is 101 Å². The van der Waals surface area contributed by atoms with Crippen molar-refractivity contribution in [2.45, 2.75) is 6.92 Å². The first-order valence-corrected chi connectivity index (χ1v) is 9.55. The largest absolute Gasteiger partial charge is 0.493 e. The van der Waals surface area contributed by atoms with E-state index in [1.807, 2.05) is 47.0 Å². The quantitative estimate of drug-likeness (QED) is 0.280. The number of aromatic nitrogens is 1. The molecule has 0 unspecified atom stereocenters. The Bertz CT molecular complexity index is 1260. The van der Waals surface area contributed by atoms with E-state index in [1.165, 1.54) is 20.2 Å². The van der Waals surface area contributed by atoms with Crippen molar-refractivity contribution in [2.24, 2.45) is 0 Å². The third-order valence-corrected chi connectivity index (χ3v) is 4.44. The van der Waals surface area contributed by atoms with E-state index < -0.39 is 5.97 Å². The summed E-state index contributed by atoms with van der Waals surface area (Å²) in [6.45, 7) is 1.44. The molecule has 4 aromatic rings. The highest BCUT2D eigenvalue weighted by Crippen LogP contribution is 2.27. The van der Waals surface area contributed by atoms with Gasteiger partial charge in [-0.1, -0.05) is 42.5 Å². The van der Waals surface area contributed by atoms with Crippen molar-refractivity contribution in [3.8, 4) is 17.2 Å². The third-order valence-electron chi connectivity index (χ3n) is 4.44. The van der Waals surface area contributed by atoms with E-state index in [2.05, 4.69) is 0 Å². The van der Waals surface area contributed by atoms with Gasteiger partial charge in [0.1, 0.15) is 11.8 Å². The number of aldehydes is 1. The molecule has 1 aromatic heterocycles. The van der Waals surface area contributed by atoms with E-state index in [0.29, 0.717) is 16.7 Å². The lowest BCUT2D eigenvalue weighted by atomic mass is 10.1. The van der Waals surface area contributed by atoms with Gasteiger partial charge in [0.25, 0.3) is 0 Å². The monoisotopic (exact) mass is 415 g/mol. The molecular formula is C25H21NO5. The fourth-order valence-electron chi connectivity index (χ4n) is 3.08. The van der Waals surface area contributed by atoms with Gasteiger partial charge in [-0.15, -0.1) is 0 Å². The predicted octanol–water partition coefficient (Wildman–Crippen LogP) is 4.42. The van der Waals surface area contributed by atoms with Crippen molar-refractivity contribution in [1.82, 2.24) is 4.57 Å². The van der Waals surface area contributed by atoms with Gasteiger partial charge in [0, 0.05) is 17.3 Å². The molecule has 0 saturated carbocycles. The lowest BCUT2D eigenvalue weighted by molar-refractivity contribution is -0.106. The Hall–Kier alpha value is -4.19. The average molecular weight is 415 g/mol. The van der Waals surface area contributed by atoms with E-state index in [4.69, 9.17) is 14.3 Å². The fourth-order valence-corrected chi connectivity index (χ4v) is 3.08. The van der Waals surface area contributed by atoms with Gasteiger partial charge < -0.3 is 18.8 Å². The molecule has 0 aliphatic rings. The van der Waals surface area contributed by atoms with Crippen molar-refractivity contribution >= 4 is 23.2 Å². The molecule has 0 saturated heterocycles. The van der Waals surface area contributed by atoms with Crippen LogP contribution in [-0.4, -0.2) is 23.9 Å². The van der Waals surface area contributed by atoms with Gasteiger partial charge in [0.05, 0.1) is 12.6 Å². The van der Waals surface area contributed by atoms with Crippen LogP contribution in [0.2, 0.25) is 0 Å². The zero-order valence-corrected chi connectivity index (χ0v) is 17.1. The van der Waals surface area contributed by atoms with Gasteiger partial charge in [0.2, 0.25) is 5.43 Å². The maximum Gasteiger partial charge on any atom is 0.349 e. The number of ether oxygens (including phenoxy) is 2. The van der Waals surface area contributed by atoms with Crippen LogP contribution >= 0.6 is 0 Å². The Morgan fingerprint density at radius 3 is 2.13 bits per heavy atom. The molecule has 0 bridgehead atoms. The van der Waals surface area contributed by atoms with Crippen LogP contribution in [0.15, 0.2) is 89.9 Å². The number of pyridine rings is 1. The summed E-state index contributed by atoms with van der Waals surface area (Å²) in [6.07, 6.45) is 2.28. The lowest BCUT2D eigenvalue weighted by Gasteiger charge is -2.14. The summed E-state index contributed by atoms with van der Waals surface area (Å²) in [7, 11) is 1.49. The summed E-state index contributed by atoms with van der Waals surface area (Å²) in [6, 6.07) is 23.5. The summed E-state index contributed by atoms with van der Waals surface area (Å²) in [5.41, 5.74) is 1.13. The fraction of sp³-hybridized carbons (Fsp3) is 0.0800. The molecule has 0 amide bonds. The summed E-state index contributed by atoms with van der Waals surface area (Å²) in [4.78, 5) is 34.6. The number of fused-ring (bicyclic) bond motifs is 1. The number of benzene rings is 3. The van der Waals surface area contributed by atoms with E-state index >= 15 is 0 Å². The van der Waals surface area contributed by atoms with Crippen LogP contribution in [0.3, 0.4) is 0 Å². The van der Waals surface area contributed by atoms with E-state index in [9.17, 15) is 9.59 Å². The molecule has 6 nitrogen and oxygen atoms in total. The minimum atomic E-state index is -0.732. The third kappa shape index (κ3) is 4.70. The van der Waals surface area contributed by atoms with Crippen molar-refractivity contribution in [1.29, 1.82) is 0 Å². The van der Waals surface area contributed by atoms with Crippen LogP contribution in [0.25, 0.3) is 16.6 Å². The van der Waals surface area contributed by atoms with Gasteiger partial charge in [-0.25, -0.2) is 4.79 Å². The molecule has 0 spiro atoms. The number of carbonyl (C=O) groups is 2. The van der Waals surface area contributed by atoms with Crippen LogP contribution in [0.5, 0.6) is 11.5 Å². The maximum absolute atomic E-state index is 13.0. The second-order valence-electron chi connectivity index (χ2n) is 6.37. The molecule has 156 valence electrons. The lowest BCUT2D eigenvalue weighted by Crippen LogP contribution is -2.22. The van der Waals surface area contributed by atoms with Gasteiger partial charge >= 0.3 is 5.97 Å². The highest BCUT2D eigenvalue weighted by atomic mass is 16.6. The second-order valence-corrected chi connectivity index (χ2v) is 6.37. The minimum absolute atomic E-state index is 0.0477. The summed E-state index contributed by atoms with van der Waals surface area (Å²) in [5.74, 6) is -0.0567. The van der Waals surface area contributed by atoms with Crippen LogP contribution < -0.4 is 14.9 Å². The zero-order chi connectivity index (χ0) is 22.2. The number of nitrogens with zero attached hydrogens (tertiary/aromatic N) is 1. The number of methoxy groups -OCH3 is 1. The highest BCUT2D eigenvalue weighted by molar-refractivity contribution is 5.95. The standard InChI is InChI=1S/C23H17NO4.C2H4O/c1-27-20-13-7-8-14-21(20)28-23(26)18-15-24(16-9-3-2-4-10-16)19-12-6-5-11-17(19)22(18)25;1-2-3/h2-15H,1H3;2H,1H3. The second kappa shape index (κ2) is 10.0. The van der Waals surface area contributed by atoms with Crippen LogP contribution in [-0.2, 0) is 4.79 Å². The number of rotatable bonds is 4. The molecule has 0 N–H and O–H groups in total. The Morgan fingerprint density at radius 2 is 1.45 bits per heavy atom. The van der Waals surface area contributed by atoms with Crippen molar-refractivity contribution in [3.63, 3.8) is 0 Å². The molecule has 0 radical (unpaired) electrons. The molecule has 0 fully saturated rings. The molecule has 0 aliphatic heterocycles. The molecule has 4 rings (SSSR count). The first-order chi connectivity index (χ1) is 15.1. The van der Waals surface area contributed by atoms with E-state index in [0.717, 1.165) is 12.0 Å². The molecule has 0 aliphatic carbocycles. The molecular weight excluding hydrogens is 394 g/mol. The van der Waals surface area contributed by atoms with Crippen molar-refractivity contribution in [2.75, 3.05) is 7.11 Å². The van der Waals surface area contributed by atoms with Gasteiger partial charge in [-0.05, 0) is 43.3 Å². The number of hydrogen-bond acceptors (Lipinski definition) is 5. The Morgan fingerprint density at radius 1 is 0.871 bits per heavy atom. The predicted molar refractivity (Wildman–Crippen MR) is 119 cm³/mol. The van der Waals surface area contributed by atoms with Crippen LogP contribution in [0.4, 0.5) is 0 Å². The molecule has 31 heavy (non-hydrogen) atoms. The summed E-state index contributed by atoms with van der Waals surface area (Å²) in [5, 5.41) is 0.445. The highest BCUT2D eigenvalue weighted by Gasteiger charge is 2.19. The SMILES string of the molecule is CC=O.COc1ccccc1OC(=O)c1cn(-c2ccccc2)c2ccccc2c1=O. The first-order valence-electron chi connectivity index (χ1n) is 9.55. The van der Waals surface area contributed by atoms with Crippen LogP contribution in [0, 0.1) is 0 Å². The molecule has 6 heteroatoms. The van der Waals surface area contributed by atoms with Gasteiger partial charge in [-0.3, -0.25) is 4.79 Å². The van der Waals surface area contributed by atoms with Crippen LogP contribution in [0.1, 0.15) is 17.3 Å². The van der Waals surface area contributed by atoms with Gasteiger partial charge in [-0.2, -0.15) is 0 Å². The average Bonchev–Trinajstić information content (AvgIpc) is 2.81. The number of esters is 1. The zero-order valence-electron chi connectivity index (χ0n) is 17.1. The summed E-state index contributed by atoms with van der Waals surface area (Å²) < 4.78 is 12.5. The maximum atomic E-state index is 13.0. The normalized spacial score (nSPS) is 10.0. The molecule has 3 aromatic carbocycles. The molecule has 1 heterocycles. The Kier molecular flexibility index (Phi) is 6.96. The van der Waals surface area contributed by atoms with E-state index in [-0.39, 0.29) is 16.7 Å². The topological polar surface area (TPSA) is 74.6 Å². The Labute approximate surface area is 179 Å². The number of para-hydroxylation sites is 4. The number of carbonyl (C=O) groups excluding carboxylic acids is 2. The van der Waals surface area contributed by atoms with Crippen molar-refractivity contribution < 1.29 is 19.1 Å². The Balaban J connectivity index is 0.000000858. The first kappa shape index (κ1) is 21.5. The molecule has 0 atom stereocenters. The minimum Gasteiger partial charge on any atom is -0.493 e. The summed E-state index contributed by atoms with van der Waals surface area (Å²) >= 11 is 0. The smallest absolute Gasteiger partial charge is 0.349 e.